The van der Waals surface area contributed by atoms with Crippen molar-refractivity contribution in [2.45, 2.75) is 0 Å². The van der Waals surface area contributed by atoms with Crippen molar-refractivity contribution in [2.24, 2.45) is 0 Å². The van der Waals surface area contributed by atoms with Gasteiger partial charge >= 0.3 is 0 Å². The maximum absolute atomic E-state index is 6.51. The molecule has 4 aromatic heterocycles. The molecule has 0 fully saturated rings. The Bertz CT molecular complexity index is 3410. The second-order valence-corrected chi connectivity index (χ2v) is 14.4. The molecule has 4 heterocycles. The van der Waals surface area contributed by atoms with Crippen molar-refractivity contribution in [3.63, 3.8) is 0 Å². The number of aromatic nitrogens is 4. The topological polar surface area (TPSA) is 69.9 Å². The van der Waals surface area contributed by atoms with Gasteiger partial charge in [-0.05, 0) is 70.9 Å². The maximum Gasteiger partial charge on any atom is 0.167 e. The molecule has 6 nitrogen and oxygen atoms in total. The Kier molecular flexibility index (Phi) is 6.83. The number of hydrogen-bond acceptors (Lipinski definition) is 5. The van der Waals surface area contributed by atoms with Gasteiger partial charge in [0, 0.05) is 49.9 Å². The summed E-state index contributed by atoms with van der Waals surface area (Å²) in [5, 5.41) is 7.67. The Morgan fingerprint density at radius 1 is 0.368 bits per heavy atom. The molecular formula is C51H30N4O2. The van der Waals surface area contributed by atoms with Crippen molar-refractivity contribution in [3.05, 3.63) is 182 Å². The Hall–Kier alpha value is -7.83. The number of hydrogen-bond donors (Lipinski definition) is 0. The van der Waals surface area contributed by atoms with Crippen LogP contribution in [0.3, 0.4) is 0 Å². The molecule has 12 rings (SSSR count). The van der Waals surface area contributed by atoms with E-state index < -0.39 is 0 Å². The fourth-order valence-electron chi connectivity index (χ4n) is 8.36. The highest BCUT2D eigenvalue weighted by Crippen LogP contribution is 2.40. The highest BCUT2D eigenvalue weighted by Gasteiger charge is 2.21. The SMILES string of the molecule is c1ccc(-n2cc(-c3cccc(-c4nc(-c5cccc6c5oc5ccccc56)nc(-c5cccc6c5oc5ccccc56)n4)c3)c3cc4ccccc4cc32)cc1. The zero-order valence-electron chi connectivity index (χ0n) is 30.4. The standard InChI is InChI=1S/C51H30N4O2/c1-2-17-35(18-3-1)55-30-43(42-28-31-13-4-5-14-32(31)29-44(42)55)33-15-10-16-34(27-33)49-52-50(40-23-11-21-38-36-19-6-8-25-45(36)56-47(38)40)54-51(53-49)41-24-12-22-39-37-20-7-9-26-46(37)57-48(39)41/h1-30H. The summed E-state index contributed by atoms with van der Waals surface area (Å²) in [6.07, 6.45) is 2.24. The molecule has 0 spiro atoms. The second-order valence-electron chi connectivity index (χ2n) is 14.4. The third kappa shape index (κ3) is 5.01. The van der Waals surface area contributed by atoms with Crippen LogP contribution < -0.4 is 0 Å². The number of rotatable bonds is 5. The van der Waals surface area contributed by atoms with E-state index in [1.165, 1.54) is 16.2 Å². The molecule has 0 N–H and O–H groups in total. The minimum Gasteiger partial charge on any atom is -0.455 e. The van der Waals surface area contributed by atoms with Crippen LogP contribution in [-0.2, 0) is 0 Å². The molecular weight excluding hydrogens is 701 g/mol. The molecule has 8 aromatic carbocycles. The van der Waals surface area contributed by atoms with E-state index in [1.807, 2.05) is 60.7 Å². The number of nitrogens with zero attached hydrogens (tertiary/aromatic N) is 4. The second kappa shape index (κ2) is 12.3. The average Bonchev–Trinajstić information content (AvgIpc) is 3.97. The predicted octanol–water partition coefficient (Wildman–Crippen LogP) is 13.4. The summed E-state index contributed by atoms with van der Waals surface area (Å²) in [6.45, 7) is 0. The quantitative estimate of drug-likeness (QED) is 0.176. The molecule has 6 heteroatoms. The van der Waals surface area contributed by atoms with Crippen LogP contribution in [-0.4, -0.2) is 19.5 Å². The lowest BCUT2D eigenvalue weighted by Gasteiger charge is -2.10. The van der Waals surface area contributed by atoms with E-state index in [1.54, 1.807) is 0 Å². The Labute approximate surface area is 325 Å². The zero-order chi connectivity index (χ0) is 37.5. The highest BCUT2D eigenvalue weighted by molar-refractivity contribution is 6.11. The molecule has 0 saturated heterocycles. The Balaban J connectivity index is 1.09. The van der Waals surface area contributed by atoms with Crippen LogP contribution in [0.2, 0.25) is 0 Å². The third-order valence-corrected chi connectivity index (χ3v) is 11.1. The van der Waals surface area contributed by atoms with Gasteiger partial charge in [-0.25, -0.2) is 15.0 Å². The van der Waals surface area contributed by atoms with Gasteiger partial charge in [0.05, 0.1) is 16.6 Å². The zero-order valence-corrected chi connectivity index (χ0v) is 30.4. The summed E-state index contributed by atoms with van der Waals surface area (Å²) in [6, 6.07) is 60.6. The average molecular weight is 731 g/mol. The van der Waals surface area contributed by atoms with Crippen LogP contribution in [0.4, 0.5) is 0 Å². The molecule has 57 heavy (non-hydrogen) atoms. The molecule has 0 saturated carbocycles. The third-order valence-electron chi connectivity index (χ3n) is 11.1. The van der Waals surface area contributed by atoms with E-state index in [0.717, 1.165) is 82.9 Å². The van der Waals surface area contributed by atoms with Gasteiger partial charge in [-0.1, -0.05) is 121 Å². The van der Waals surface area contributed by atoms with Gasteiger partial charge < -0.3 is 13.4 Å². The molecule has 0 aliphatic carbocycles. The van der Waals surface area contributed by atoms with Gasteiger partial charge in [-0.15, -0.1) is 0 Å². The van der Waals surface area contributed by atoms with E-state index in [0.29, 0.717) is 17.5 Å². The van der Waals surface area contributed by atoms with Gasteiger partial charge in [0.2, 0.25) is 0 Å². The van der Waals surface area contributed by atoms with E-state index in [9.17, 15) is 0 Å². The predicted molar refractivity (Wildman–Crippen MR) is 230 cm³/mol. The summed E-state index contributed by atoms with van der Waals surface area (Å²) in [5.41, 5.74) is 9.98. The van der Waals surface area contributed by atoms with E-state index in [2.05, 4.69) is 126 Å². The molecule has 0 amide bonds. The first-order chi connectivity index (χ1) is 28.2. The van der Waals surface area contributed by atoms with E-state index >= 15 is 0 Å². The van der Waals surface area contributed by atoms with Crippen molar-refractivity contribution in [1.82, 2.24) is 19.5 Å². The maximum atomic E-state index is 6.51. The van der Waals surface area contributed by atoms with Crippen LogP contribution in [0.5, 0.6) is 0 Å². The van der Waals surface area contributed by atoms with Crippen molar-refractivity contribution in [2.75, 3.05) is 0 Å². The summed E-state index contributed by atoms with van der Waals surface area (Å²) in [5.74, 6) is 1.59. The molecule has 0 aliphatic rings. The number of furan rings is 2. The minimum atomic E-state index is 0.519. The number of benzene rings is 8. The number of para-hydroxylation sites is 5. The van der Waals surface area contributed by atoms with Gasteiger partial charge in [0.1, 0.15) is 22.3 Å². The van der Waals surface area contributed by atoms with Crippen LogP contribution in [0.1, 0.15) is 0 Å². The first-order valence-corrected chi connectivity index (χ1v) is 19.0. The first-order valence-electron chi connectivity index (χ1n) is 19.0. The Morgan fingerprint density at radius 2 is 0.895 bits per heavy atom. The van der Waals surface area contributed by atoms with Gasteiger partial charge in [-0.3, -0.25) is 0 Å². The van der Waals surface area contributed by atoms with E-state index in [4.69, 9.17) is 23.8 Å². The monoisotopic (exact) mass is 730 g/mol. The smallest absolute Gasteiger partial charge is 0.167 e. The van der Waals surface area contributed by atoms with Crippen LogP contribution in [0, 0.1) is 0 Å². The van der Waals surface area contributed by atoms with Crippen LogP contribution >= 0.6 is 0 Å². The molecule has 0 radical (unpaired) electrons. The first kappa shape index (κ1) is 31.5. The lowest BCUT2D eigenvalue weighted by molar-refractivity contribution is 0.669. The summed E-state index contributed by atoms with van der Waals surface area (Å²) in [4.78, 5) is 15.6. The number of fused-ring (bicyclic) bond motifs is 8. The van der Waals surface area contributed by atoms with Crippen LogP contribution in [0.15, 0.2) is 191 Å². The van der Waals surface area contributed by atoms with Crippen molar-refractivity contribution >= 4 is 65.6 Å². The fourth-order valence-corrected chi connectivity index (χ4v) is 8.36. The molecule has 0 unspecified atom stereocenters. The summed E-state index contributed by atoms with van der Waals surface area (Å²) >= 11 is 0. The van der Waals surface area contributed by atoms with Gasteiger partial charge in [0.15, 0.2) is 17.5 Å². The fraction of sp³-hybridized carbons (Fsp3) is 0. The molecule has 266 valence electrons. The lowest BCUT2D eigenvalue weighted by atomic mass is 10.00. The molecule has 12 aromatic rings. The largest absolute Gasteiger partial charge is 0.455 e. The van der Waals surface area contributed by atoms with Crippen molar-refractivity contribution < 1.29 is 8.83 Å². The molecule has 0 bridgehead atoms. The normalized spacial score (nSPS) is 11.9. The van der Waals surface area contributed by atoms with E-state index in [-0.39, 0.29) is 0 Å². The highest BCUT2D eigenvalue weighted by atomic mass is 16.3. The van der Waals surface area contributed by atoms with Crippen molar-refractivity contribution in [3.8, 4) is 51.0 Å². The van der Waals surface area contributed by atoms with Gasteiger partial charge in [0.25, 0.3) is 0 Å². The minimum absolute atomic E-state index is 0.519. The molecule has 0 atom stereocenters. The lowest BCUT2D eigenvalue weighted by Crippen LogP contribution is -2.00. The van der Waals surface area contributed by atoms with Gasteiger partial charge in [-0.2, -0.15) is 0 Å². The van der Waals surface area contributed by atoms with Crippen LogP contribution in [0.25, 0.3) is 117 Å². The molecule has 0 aliphatic heterocycles. The van der Waals surface area contributed by atoms with Crippen molar-refractivity contribution in [1.29, 1.82) is 0 Å². The summed E-state index contributed by atoms with van der Waals surface area (Å²) in [7, 11) is 0. The Morgan fingerprint density at radius 3 is 1.56 bits per heavy atom. The summed E-state index contributed by atoms with van der Waals surface area (Å²) < 4.78 is 15.3.